The van der Waals surface area contributed by atoms with Crippen LogP contribution in [0.15, 0.2) is 59.1 Å². The van der Waals surface area contributed by atoms with Gasteiger partial charge >= 0.3 is 5.97 Å². The number of benzene rings is 2. The average molecular weight is 372 g/mol. The lowest BCUT2D eigenvalue weighted by Gasteiger charge is -2.11. The number of ether oxygens (including phenoxy) is 2. The van der Waals surface area contributed by atoms with E-state index in [0.29, 0.717) is 12.5 Å². The number of carbonyl (C=O) groups excluding carboxylic acids is 1. The maximum atomic E-state index is 11.8. The molecule has 4 nitrogen and oxygen atoms in total. The van der Waals surface area contributed by atoms with Crippen molar-refractivity contribution in [2.45, 2.75) is 6.61 Å². The molecule has 0 aliphatic rings. The lowest BCUT2D eigenvalue weighted by molar-refractivity contribution is 0.0593. The van der Waals surface area contributed by atoms with E-state index in [-0.39, 0.29) is 5.69 Å². The number of hydrogen-bond donors (Lipinski definition) is 0. The third-order valence-electron chi connectivity index (χ3n) is 3.37. The molecule has 0 unspecified atom stereocenters. The normalized spacial score (nSPS) is 10.5. The van der Waals surface area contributed by atoms with Crippen LogP contribution in [0, 0.1) is 0 Å². The van der Waals surface area contributed by atoms with Crippen LogP contribution in [0.1, 0.15) is 16.1 Å². The van der Waals surface area contributed by atoms with E-state index in [4.69, 9.17) is 9.47 Å². The zero-order chi connectivity index (χ0) is 16.2. The van der Waals surface area contributed by atoms with Gasteiger partial charge in [0.25, 0.3) is 0 Å². The van der Waals surface area contributed by atoms with Gasteiger partial charge < -0.3 is 9.47 Å². The van der Waals surface area contributed by atoms with Gasteiger partial charge in [-0.25, -0.2) is 9.78 Å². The summed E-state index contributed by atoms with van der Waals surface area (Å²) in [4.78, 5) is 16.1. The molecule has 0 radical (unpaired) electrons. The first kappa shape index (κ1) is 15.5. The lowest BCUT2D eigenvalue weighted by Crippen LogP contribution is -2.06. The van der Waals surface area contributed by atoms with Crippen LogP contribution in [0.5, 0.6) is 5.88 Å². The first-order chi connectivity index (χ1) is 11.2. The molecule has 0 saturated heterocycles. The summed E-state index contributed by atoms with van der Waals surface area (Å²) in [5.74, 6) is -0.0765. The minimum Gasteiger partial charge on any atom is -0.472 e. The fraction of sp³-hybridized carbons (Fsp3) is 0.111. The van der Waals surface area contributed by atoms with E-state index >= 15 is 0 Å². The van der Waals surface area contributed by atoms with Crippen molar-refractivity contribution >= 4 is 32.7 Å². The van der Waals surface area contributed by atoms with E-state index in [9.17, 15) is 4.79 Å². The van der Waals surface area contributed by atoms with E-state index < -0.39 is 5.97 Å². The number of carbonyl (C=O) groups is 1. The Morgan fingerprint density at radius 2 is 1.91 bits per heavy atom. The topological polar surface area (TPSA) is 48.4 Å². The highest BCUT2D eigenvalue weighted by Crippen LogP contribution is 2.28. The third-order valence-corrected chi connectivity index (χ3v) is 3.87. The van der Waals surface area contributed by atoms with Crippen LogP contribution < -0.4 is 4.74 Å². The Morgan fingerprint density at radius 1 is 1.13 bits per heavy atom. The number of aromatic nitrogens is 1. The number of pyridine rings is 1. The van der Waals surface area contributed by atoms with Gasteiger partial charge in [-0.3, -0.25) is 0 Å². The SMILES string of the molecule is COC(=O)c1cc2ccc(Br)cc2c(OCc2ccccc2)n1. The zero-order valence-corrected chi connectivity index (χ0v) is 14.0. The van der Waals surface area contributed by atoms with Crippen LogP contribution >= 0.6 is 15.9 Å². The number of esters is 1. The smallest absolute Gasteiger partial charge is 0.356 e. The standard InChI is InChI=1S/C18H14BrNO3/c1-22-18(21)16-9-13-7-8-14(19)10-15(13)17(20-16)23-11-12-5-3-2-4-6-12/h2-10H,11H2,1H3. The molecule has 0 aliphatic heterocycles. The fourth-order valence-corrected chi connectivity index (χ4v) is 2.59. The summed E-state index contributed by atoms with van der Waals surface area (Å²) in [7, 11) is 1.33. The third kappa shape index (κ3) is 3.51. The molecule has 5 heteroatoms. The van der Waals surface area contributed by atoms with E-state index in [1.54, 1.807) is 6.07 Å². The summed E-state index contributed by atoms with van der Waals surface area (Å²) in [5.41, 5.74) is 1.26. The minimum atomic E-state index is -0.487. The van der Waals surface area contributed by atoms with Crippen molar-refractivity contribution in [2.75, 3.05) is 7.11 Å². The molecule has 116 valence electrons. The van der Waals surface area contributed by atoms with Crippen LogP contribution in [0.2, 0.25) is 0 Å². The predicted molar refractivity (Wildman–Crippen MR) is 91.6 cm³/mol. The number of fused-ring (bicyclic) bond motifs is 1. The zero-order valence-electron chi connectivity index (χ0n) is 12.5. The van der Waals surface area contributed by atoms with Gasteiger partial charge in [-0.15, -0.1) is 0 Å². The highest BCUT2D eigenvalue weighted by Gasteiger charge is 2.14. The molecule has 0 saturated carbocycles. The van der Waals surface area contributed by atoms with Gasteiger partial charge in [0.2, 0.25) is 5.88 Å². The molecule has 2 aromatic carbocycles. The van der Waals surface area contributed by atoms with Gasteiger partial charge in [0.05, 0.1) is 7.11 Å². The highest BCUT2D eigenvalue weighted by molar-refractivity contribution is 9.10. The molecule has 0 N–H and O–H groups in total. The van der Waals surface area contributed by atoms with Crippen molar-refractivity contribution in [3.05, 3.63) is 70.3 Å². The van der Waals surface area contributed by atoms with Crippen LogP contribution in [0.4, 0.5) is 0 Å². The van der Waals surface area contributed by atoms with Gasteiger partial charge in [-0.05, 0) is 29.1 Å². The van der Waals surface area contributed by atoms with E-state index in [2.05, 4.69) is 20.9 Å². The largest absolute Gasteiger partial charge is 0.472 e. The Hall–Kier alpha value is -2.40. The van der Waals surface area contributed by atoms with Gasteiger partial charge in [0.15, 0.2) is 5.69 Å². The first-order valence-electron chi connectivity index (χ1n) is 7.03. The number of halogens is 1. The van der Waals surface area contributed by atoms with Gasteiger partial charge in [0, 0.05) is 9.86 Å². The van der Waals surface area contributed by atoms with Crippen LogP contribution in [0.3, 0.4) is 0 Å². The van der Waals surface area contributed by atoms with Crippen molar-refractivity contribution in [3.8, 4) is 5.88 Å². The molecule has 1 aromatic heterocycles. The summed E-state index contributed by atoms with van der Waals surface area (Å²) in [6.45, 7) is 0.375. The molecule has 0 bridgehead atoms. The Balaban J connectivity index is 2.01. The van der Waals surface area contributed by atoms with Crippen molar-refractivity contribution < 1.29 is 14.3 Å². The molecule has 0 aliphatic carbocycles. The molecule has 1 heterocycles. The average Bonchev–Trinajstić information content (AvgIpc) is 2.59. The summed E-state index contributed by atoms with van der Waals surface area (Å²) in [6.07, 6.45) is 0. The molecule has 3 aromatic rings. The first-order valence-corrected chi connectivity index (χ1v) is 7.82. The van der Waals surface area contributed by atoms with E-state index in [0.717, 1.165) is 20.8 Å². The quantitative estimate of drug-likeness (QED) is 0.639. The molecule has 3 rings (SSSR count). The second kappa shape index (κ2) is 6.79. The molecular formula is C18H14BrNO3. The fourth-order valence-electron chi connectivity index (χ4n) is 2.23. The summed E-state index contributed by atoms with van der Waals surface area (Å²) < 4.78 is 11.5. The summed E-state index contributed by atoms with van der Waals surface area (Å²) >= 11 is 3.45. The second-order valence-electron chi connectivity index (χ2n) is 4.94. The number of rotatable bonds is 4. The van der Waals surface area contributed by atoms with Crippen LogP contribution in [-0.4, -0.2) is 18.1 Å². The number of hydrogen-bond acceptors (Lipinski definition) is 4. The Kier molecular flexibility index (Phi) is 4.57. The highest BCUT2D eigenvalue weighted by atomic mass is 79.9. The van der Waals surface area contributed by atoms with Crippen molar-refractivity contribution in [1.82, 2.24) is 4.98 Å². The Labute approximate surface area is 142 Å². The number of methoxy groups -OCH3 is 1. The van der Waals surface area contributed by atoms with Crippen LogP contribution in [-0.2, 0) is 11.3 Å². The molecular weight excluding hydrogens is 358 g/mol. The van der Waals surface area contributed by atoms with E-state index in [1.807, 2.05) is 48.5 Å². The minimum absolute atomic E-state index is 0.227. The summed E-state index contributed by atoms with van der Waals surface area (Å²) in [5, 5.41) is 1.70. The maximum absolute atomic E-state index is 11.8. The maximum Gasteiger partial charge on any atom is 0.356 e. The lowest BCUT2D eigenvalue weighted by atomic mass is 10.1. The molecule has 0 fully saturated rings. The van der Waals surface area contributed by atoms with Gasteiger partial charge in [0.1, 0.15) is 6.61 Å². The monoisotopic (exact) mass is 371 g/mol. The van der Waals surface area contributed by atoms with Crippen molar-refractivity contribution in [1.29, 1.82) is 0 Å². The Bertz CT molecular complexity index is 850. The second-order valence-corrected chi connectivity index (χ2v) is 5.86. The van der Waals surface area contributed by atoms with E-state index in [1.165, 1.54) is 7.11 Å². The molecule has 0 atom stereocenters. The van der Waals surface area contributed by atoms with Crippen molar-refractivity contribution in [2.24, 2.45) is 0 Å². The molecule has 0 amide bonds. The molecule has 0 spiro atoms. The molecule has 23 heavy (non-hydrogen) atoms. The van der Waals surface area contributed by atoms with Gasteiger partial charge in [-0.1, -0.05) is 52.3 Å². The number of nitrogens with zero attached hydrogens (tertiary/aromatic N) is 1. The van der Waals surface area contributed by atoms with Crippen LogP contribution in [0.25, 0.3) is 10.8 Å². The van der Waals surface area contributed by atoms with Crippen molar-refractivity contribution in [3.63, 3.8) is 0 Å². The predicted octanol–water partition coefficient (Wildman–Crippen LogP) is 4.36. The summed E-state index contributed by atoms with van der Waals surface area (Å²) in [6, 6.07) is 17.2. The van der Waals surface area contributed by atoms with Gasteiger partial charge in [-0.2, -0.15) is 0 Å². The Morgan fingerprint density at radius 3 is 2.65 bits per heavy atom.